The second-order valence-corrected chi connectivity index (χ2v) is 7.27. The summed E-state index contributed by atoms with van der Waals surface area (Å²) in [5.74, 6) is 0.145. The van der Waals surface area contributed by atoms with Crippen LogP contribution >= 0.6 is 11.8 Å². The minimum Gasteiger partial charge on any atom is -0.492 e. The van der Waals surface area contributed by atoms with Gasteiger partial charge in [-0.25, -0.2) is 4.79 Å². The fourth-order valence-corrected chi connectivity index (χ4v) is 3.83. The van der Waals surface area contributed by atoms with Crippen LogP contribution in [0.5, 0.6) is 5.75 Å². The number of H-pyrrole nitrogens is 1. The van der Waals surface area contributed by atoms with E-state index in [0.717, 1.165) is 0 Å². The van der Waals surface area contributed by atoms with Gasteiger partial charge in [0, 0.05) is 5.69 Å². The van der Waals surface area contributed by atoms with Crippen LogP contribution in [0.15, 0.2) is 29.4 Å². The first-order chi connectivity index (χ1) is 14.5. The third kappa shape index (κ3) is 4.38. The zero-order chi connectivity index (χ0) is 21.7. The highest BCUT2D eigenvalue weighted by atomic mass is 32.2. The van der Waals surface area contributed by atoms with E-state index < -0.39 is 5.97 Å². The number of para-hydroxylation sites is 2. The highest BCUT2D eigenvalue weighted by molar-refractivity contribution is 7.99. The summed E-state index contributed by atoms with van der Waals surface area (Å²) >= 11 is 1.21. The number of thioether (sulfide) groups is 1. The van der Waals surface area contributed by atoms with Gasteiger partial charge >= 0.3 is 5.97 Å². The fourth-order valence-electron chi connectivity index (χ4n) is 3.07. The SMILES string of the molecule is CCOC(=O)c1c(C)[nH]c(C(=O)CSc2nnnn2-c2ccccc2OCC)c1C. The number of Topliss-reactive ketones (excluding diaryl/α,β-unsaturated/α-hetero) is 1. The molecular weight excluding hydrogens is 406 g/mol. The number of hydrogen-bond donors (Lipinski definition) is 1. The van der Waals surface area contributed by atoms with E-state index >= 15 is 0 Å². The van der Waals surface area contributed by atoms with Crippen molar-refractivity contribution in [1.29, 1.82) is 0 Å². The van der Waals surface area contributed by atoms with Crippen molar-refractivity contribution in [2.75, 3.05) is 19.0 Å². The number of nitrogens with zero attached hydrogens (tertiary/aromatic N) is 4. The summed E-state index contributed by atoms with van der Waals surface area (Å²) < 4.78 is 12.3. The highest BCUT2D eigenvalue weighted by Crippen LogP contribution is 2.27. The van der Waals surface area contributed by atoms with Gasteiger partial charge in [0.15, 0.2) is 5.78 Å². The molecule has 1 aromatic carbocycles. The molecule has 0 radical (unpaired) electrons. The van der Waals surface area contributed by atoms with Gasteiger partial charge in [-0.1, -0.05) is 23.9 Å². The number of aromatic nitrogens is 5. The molecule has 0 aliphatic heterocycles. The average molecular weight is 430 g/mol. The van der Waals surface area contributed by atoms with E-state index in [2.05, 4.69) is 20.5 Å². The molecule has 0 bridgehead atoms. The second-order valence-electron chi connectivity index (χ2n) is 6.33. The molecule has 0 unspecified atom stereocenters. The summed E-state index contributed by atoms with van der Waals surface area (Å²) in [5, 5.41) is 12.3. The maximum Gasteiger partial charge on any atom is 0.340 e. The van der Waals surface area contributed by atoms with Crippen LogP contribution in [0, 0.1) is 13.8 Å². The molecule has 3 aromatic rings. The van der Waals surface area contributed by atoms with Crippen LogP contribution in [0.25, 0.3) is 5.69 Å². The zero-order valence-electron chi connectivity index (χ0n) is 17.3. The summed E-state index contributed by atoms with van der Waals surface area (Å²) in [6.45, 7) is 7.90. The van der Waals surface area contributed by atoms with E-state index in [4.69, 9.17) is 9.47 Å². The van der Waals surface area contributed by atoms with Crippen LogP contribution in [0.2, 0.25) is 0 Å². The minimum absolute atomic E-state index is 0.0975. The highest BCUT2D eigenvalue weighted by Gasteiger charge is 2.23. The molecule has 9 nitrogen and oxygen atoms in total. The number of nitrogens with one attached hydrogen (secondary N) is 1. The Morgan fingerprint density at radius 2 is 1.93 bits per heavy atom. The monoisotopic (exact) mass is 429 g/mol. The number of carbonyl (C=O) groups is 2. The van der Waals surface area contributed by atoms with Gasteiger partial charge in [0.1, 0.15) is 11.4 Å². The van der Waals surface area contributed by atoms with Crippen molar-refractivity contribution in [2.24, 2.45) is 0 Å². The molecule has 1 N–H and O–H groups in total. The van der Waals surface area contributed by atoms with Crippen LogP contribution in [-0.4, -0.2) is 55.9 Å². The molecule has 10 heteroatoms. The Morgan fingerprint density at radius 1 is 1.17 bits per heavy atom. The lowest BCUT2D eigenvalue weighted by Gasteiger charge is -2.10. The molecule has 0 saturated carbocycles. The molecule has 2 aromatic heterocycles. The first-order valence-corrected chi connectivity index (χ1v) is 10.5. The van der Waals surface area contributed by atoms with E-state index in [-0.39, 0.29) is 18.1 Å². The van der Waals surface area contributed by atoms with Crippen molar-refractivity contribution < 1.29 is 19.1 Å². The molecule has 158 valence electrons. The third-order valence-corrected chi connectivity index (χ3v) is 5.28. The molecule has 0 saturated heterocycles. The van der Waals surface area contributed by atoms with Gasteiger partial charge in [-0.2, -0.15) is 4.68 Å². The van der Waals surface area contributed by atoms with E-state index in [0.29, 0.717) is 45.7 Å². The fraction of sp³-hybridized carbons (Fsp3) is 0.350. The Morgan fingerprint density at radius 3 is 2.67 bits per heavy atom. The van der Waals surface area contributed by atoms with E-state index in [1.54, 1.807) is 25.5 Å². The molecule has 0 fully saturated rings. The smallest absolute Gasteiger partial charge is 0.340 e. The lowest BCUT2D eigenvalue weighted by atomic mass is 10.1. The van der Waals surface area contributed by atoms with Crippen LogP contribution in [0.3, 0.4) is 0 Å². The van der Waals surface area contributed by atoms with Crippen molar-refractivity contribution in [3.05, 3.63) is 46.8 Å². The largest absolute Gasteiger partial charge is 0.492 e. The van der Waals surface area contributed by atoms with Gasteiger partial charge in [0.05, 0.1) is 30.2 Å². The second kappa shape index (κ2) is 9.57. The van der Waals surface area contributed by atoms with Crippen molar-refractivity contribution in [3.8, 4) is 11.4 Å². The molecular formula is C20H23N5O4S. The standard InChI is InChI=1S/C20H23N5O4S/c1-5-28-16-10-8-7-9-14(16)25-20(22-23-24-25)30-11-15(26)18-12(3)17(13(4)21-18)19(27)29-6-2/h7-10,21H,5-6,11H2,1-4H3. The Balaban J connectivity index is 1.79. The van der Waals surface area contributed by atoms with Gasteiger partial charge in [-0.15, -0.1) is 5.10 Å². The first kappa shape index (κ1) is 21.6. The molecule has 30 heavy (non-hydrogen) atoms. The van der Waals surface area contributed by atoms with Crippen LogP contribution in [-0.2, 0) is 4.74 Å². The summed E-state index contributed by atoms with van der Waals surface area (Å²) in [7, 11) is 0. The lowest BCUT2D eigenvalue weighted by molar-refractivity contribution is 0.0525. The summed E-state index contributed by atoms with van der Waals surface area (Å²) in [6, 6.07) is 7.41. The number of aryl methyl sites for hydroxylation is 1. The third-order valence-electron chi connectivity index (χ3n) is 4.36. The average Bonchev–Trinajstić information content (AvgIpc) is 3.31. The van der Waals surface area contributed by atoms with Gasteiger partial charge in [-0.3, -0.25) is 4.79 Å². The van der Waals surface area contributed by atoms with Crippen molar-refractivity contribution in [1.82, 2.24) is 25.2 Å². The number of benzene rings is 1. The van der Waals surface area contributed by atoms with Crippen LogP contribution in [0.4, 0.5) is 0 Å². The van der Waals surface area contributed by atoms with Gasteiger partial charge in [0.2, 0.25) is 5.16 Å². The summed E-state index contributed by atoms with van der Waals surface area (Å²) in [6.07, 6.45) is 0. The predicted molar refractivity (Wildman–Crippen MR) is 112 cm³/mol. The Bertz CT molecular complexity index is 1060. The first-order valence-electron chi connectivity index (χ1n) is 9.50. The minimum atomic E-state index is -0.438. The summed E-state index contributed by atoms with van der Waals surface area (Å²) in [5.41, 5.74) is 2.67. The van der Waals surface area contributed by atoms with Crippen molar-refractivity contribution in [3.63, 3.8) is 0 Å². The number of esters is 1. The number of aromatic amines is 1. The molecule has 2 heterocycles. The molecule has 0 aliphatic carbocycles. The van der Waals surface area contributed by atoms with Crippen molar-refractivity contribution in [2.45, 2.75) is 32.9 Å². The lowest BCUT2D eigenvalue weighted by Crippen LogP contribution is -2.09. The number of ether oxygens (including phenoxy) is 2. The Labute approximate surface area is 178 Å². The number of ketones is 1. The maximum absolute atomic E-state index is 12.8. The Hall–Kier alpha value is -3.14. The van der Waals surface area contributed by atoms with Gasteiger partial charge in [0.25, 0.3) is 0 Å². The number of tetrazole rings is 1. The molecule has 0 aliphatic rings. The summed E-state index contributed by atoms with van der Waals surface area (Å²) in [4.78, 5) is 28.0. The molecule has 0 atom stereocenters. The van der Waals surface area contributed by atoms with E-state index in [1.165, 1.54) is 11.8 Å². The number of carbonyl (C=O) groups excluding carboxylic acids is 2. The number of rotatable bonds is 9. The molecule has 0 spiro atoms. The topological polar surface area (TPSA) is 112 Å². The van der Waals surface area contributed by atoms with Crippen LogP contribution < -0.4 is 4.74 Å². The molecule has 0 amide bonds. The molecule has 3 rings (SSSR count). The van der Waals surface area contributed by atoms with Crippen molar-refractivity contribution >= 4 is 23.5 Å². The number of hydrogen-bond acceptors (Lipinski definition) is 8. The Kier molecular flexibility index (Phi) is 6.88. The zero-order valence-corrected chi connectivity index (χ0v) is 18.1. The normalized spacial score (nSPS) is 10.8. The van der Waals surface area contributed by atoms with E-state index in [1.807, 2.05) is 31.2 Å². The predicted octanol–water partition coefficient (Wildman–Crippen LogP) is 3.16. The quantitative estimate of drug-likeness (QED) is 0.314. The van der Waals surface area contributed by atoms with E-state index in [9.17, 15) is 9.59 Å². The van der Waals surface area contributed by atoms with Gasteiger partial charge in [-0.05, 0) is 55.8 Å². The maximum atomic E-state index is 12.8. The van der Waals surface area contributed by atoms with Crippen LogP contribution in [0.1, 0.15) is 46.0 Å². The van der Waals surface area contributed by atoms with Gasteiger partial charge < -0.3 is 14.5 Å².